The molecular weight excluding hydrogens is 309 g/mol. The Morgan fingerprint density at radius 3 is 0.810 bits per heavy atom. The van der Waals surface area contributed by atoms with E-state index in [-0.39, 0.29) is 23.8 Å². The molecule has 0 saturated heterocycles. The average Bonchev–Trinajstić information content (AvgIpc) is 2.51. The maximum atomic E-state index is 2.58. The summed E-state index contributed by atoms with van der Waals surface area (Å²) in [6.07, 6.45) is 8.01. The maximum absolute atomic E-state index is 2.58. The highest BCUT2D eigenvalue weighted by Gasteiger charge is 2.16. The molecule has 0 nitrogen and oxygen atoms in total. The highest BCUT2D eigenvalue weighted by Crippen LogP contribution is 2.39. The number of hydrogen-bond acceptors (Lipinski definition) is 0. The van der Waals surface area contributed by atoms with Crippen molar-refractivity contribution < 1.29 is 0 Å². The molecular formula is C18H33P3. The number of rotatable bonds is 9. The van der Waals surface area contributed by atoms with Gasteiger partial charge >= 0.3 is 0 Å². The Balaban J connectivity index is 3.30. The van der Waals surface area contributed by atoms with Crippen molar-refractivity contribution in [3.05, 3.63) is 18.2 Å². The SMILES string of the molecule is CCP(CC)c1cc(P(CC)CC)cc(P(CC)CC)c1. The monoisotopic (exact) mass is 342 g/mol. The Bertz CT molecular complexity index is 331. The summed E-state index contributed by atoms with van der Waals surface area (Å²) in [5.41, 5.74) is 0. The van der Waals surface area contributed by atoms with Gasteiger partial charge in [-0.2, -0.15) is 0 Å². The van der Waals surface area contributed by atoms with Crippen molar-refractivity contribution in [2.24, 2.45) is 0 Å². The molecule has 0 unspecified atom stereocenters. The van der Waals surface area contributed by atoms with Gasteiger partial charge in [-0.1, -0.05) is 65.3 Å². The minimum atomic E-state index is 0.0674. The summed E-state index contributed by atoms with van der Waals surface area (Å²) in [7, 11) is 0.202. The van der Waals surface area contributed by atoms with Crippen molar-refractivity contribution in [2.75, 3.05) is 37.0 Å². The van der Waals surface area contributed by atoms with Crippen LogP contribution in [0.15, 0.2) is 18.2 Å². The van der Waals surface area contributed by atoms with Crippen LogP contribution in [0.25, 0.3) is 0 Å². The summed E-state index contributed by atoms with van der Waals surface area (Å²) in [4.78, 5) is 0. The summed E-state index contributed by atoms with van der Waals surface area (Å²) in [6, 6.07) is 7.75. The van der Waals surface area contributed by atoms with Gasteiger partial charge in [0, 0.05) is 0 Å². The van der Waals surface area contributed by atoms with Crippen LogP contribution < -0.4 is 15.9 Å². The molecule has 0 amide bonds. The minimum Gasteiger partial charge on any atom is -0.0758 e. The molecule has 0 bridgehead atoms. The molecule has 0 heterocycles. The Morgan fingerprint density at radius 2 is 0.667 bits per heavy atom. The second-order valence-electron chi connectivity index (χ2n) is 5.22. The summed E-state index contributed by atoms with van der Waals surface area (Å²) in [5.74, 6) is 0. The molecule has 0 aliphatic carbocycles. The third kappa shape index (κ3) is 5.27. The lowest BCUT2D eigenvalue weighted by atomic mass is 10.4. The first-order valence-corrected chi connectivity index (χ1v) is 13.7. The van der Waals surface area contributed by atoms with Crippen LogP contribution in [0.4, 0.5) is 0 Å². The first-order chi connectivity index (χ1) is 10.1. The van der Waals surface area contributed by atoms with Crippen molar-refractivity contribution in [3.8, 4) is 0 Å². The van der Waals surface area contributed by atoms with Crippen molar-refractivity contribution in [1.29, 1.82) is 0 Å². The molecule has 0 N–H and O–H groups in total. The molecule has 0 aliphatic rings. The largest absolute Gasteiger partial charge is 0.0758 e. The first kappa shape index (κ1) is 19.6. The van der Waals surface area contributed by atoms with Gasteiger partial charge in [0.05, 0.1) is 0 Å². The van der Waals surface area contributed by atoms with Crippen LogP contribution in [0.3, 0.4) is 0 Å². The Labute approximate surface area is 136 Å². The van der Waals surface area contributed by atoms with Crippen LogP contribution in [0.5, 0.6) is 0 Å². The van der Waals surface area contributed by atoms with Crippen LogP contribution >= 0.6 is 23.8 Å². The zero-order valence-electron chi connectivity index (χ0n) is 14.8. The van der Waals surface area contributed by atoms with Crippen LogP contribution in [0.2, 0.25) is 0 Å². The van der Waals surface area contributed by atoms with E-state index in [2.05, 4.69) is 59.7 Å². The van der Waals surface area contributed by atoms with Gasteiger partial charge in [0.2, 0.25) is 0 Å². The lowest BCUT2D eigenvalue weighted by Gasteiger charge is -2.23. The quantitative estimate of drug-likeness (QED) is 0.546. The van der Waals surface area contributed by atoms with E-state index in [1.807, 2.05) is 0 Å². The van der Waals surface area contributed by atoms with Crippen molar-refractivity contribution >= 4 is 39.7 Å². The van der Waals surface area contributed by atoms with Gasteiger partial charge in [-0.25, -0.2) is 0 Å². The average molecular weight is 342 g/mol. The highest BCUT2D eigenvalue weighted by molar-refractivity contribution is 7.68. The summed E-state index contributed by atoms with van der Waals surface area (Å²) in [5, 5.41) is 5.06. The molecule has 3 heteroatoms. The fourth-order valence-electron chi connectivity index (χ4n) is 2.89. The van der Waals surface area contributed by atoms with E-state index in [1.165, 1.54) is 37.0 Å². The van der Waals surface area contributed by atoms with E-state index in [9.17, 15) is 0 Å². The zero-order chi connectivity index (χ0) is 15.8. The summed E-state index contributed by atoms with van der Waals surface area (Å²) >= 11 is 0. The topological polar surface area (TPSA) is 0 Å². The first-order valence-electron chi connectivity index (χ1n) is 8.54. The standard InChI is InChI=1S/C18H33P3/c1-7-19(8-2)16-13-17(20(9-3)10-4)15-18(14-16)21(11-5)12-6/h13-15H,7-12H2,1-6H3. The van der Waals surface area contributed by atoms with Crippen molar-refractivity contribution in [2.45, 2.75) is 41.5 Å². The molecule has 1 aromatic carbocycles. The predicted molar refractivity (Wildman–Crippen MR) is 109 cm³/mol. The molecule has 0 fully saturated rings. The van der Waals surface area contributed by atoms with Crippen LogP contribution in [0.1, 0.15) is 41.5 Å². The van der Waals surface area contributed by atoms with Crippen LogP contribution in [0, 0.1) is 0 Å². The number of benzene rings is 1. The molecule has 0 atom stereocenters. The Morgan fingerprint density at radius 1 is 0.476 bits per heavy atom. The molecule has 0 spiro atoms. The summed E-state index contributed by atoms with van der Waals surface area (Å²) < 4.78 is 0. The fraction of sp³-hybridized carbons (Fsp3) is 0.667. The molecule has 0 aromatic heterocycles. The van der Waals surface area contributed by atoms with E-state index in [0.717, 1.165) is 0 Å². The second-order valence-corrected chi connectivity index (χ2v) is 13.8. The summed E-state index contributed by atoms with van der Waals surface area (Å²) in [6.45, 7) is 14.2. The zero-order valence-corrected chi connectivity index (χ0v) is 17.5. The third-order valence-electron chi connectivity index (χ3n) is 4.27. The lowest BCUT2D eigenvalue weighted by Crippen LogP contribution is -2.22. The van der Waals surface area contributed by atoms with Gasteiger partial charge in [0.15, 0.2) is 0 Å². The van der Waals surface area contributed by atoms with E-state index in [1.54, 1.807) is 15.9 Å². The van der Waals surface area contributed by atoms with E-state index >= 15 is 0 Å². The molecule has 0 radical (unpaired) electrons. The van der Waals surface area contributed by atoms with Gasteiger partial charge in [-0.15, -0.1) is 0 Å². The van der Waals surface area contributed by atoms with Gasteiger partial charge in [-0.05, 0) is 71.1 Å². The normalized spacial score (nSPS) is 11.9. The molecule has 0 saturated carbocycles. The van der Waals surface area contributed by atoms with Crippen LogP contribution in [-0.4, -0.2) is 37.0 Å². The molecule has 1 rings (SSSR count). The Kier molecular flexibility index (Phi) is 9.61. The molecule has 0 aliphatic heterocycles. The maximum Gasteiger partial charge on any atom is -0.0228 e. The smallest absolute Gasteiger partial charge is 0.0228 e. The number of hydrogen-bond donors (Lipinski definition) is 0. The van der Waals surface area contributed by atoms with E-state index in [0.29, 0.717) is 0 Å². The van der Waals surface area contributed by atoms with E-state index < -0.39 is 0 Å². The fourth-order valence-corrected chi connectivity index (χ4v) is 8.66. The van der Waals surface area contributed by atoms with Gasteiger partial charge < -0.3 is 0 Å². The second kappa shape index (κ2) is 10.3. The molecule has 21 heavy (non-hydrogen) atoms. The third-order valence-corrected chi connectivity index (χ3v) is 11.8. The van der Waals surface area contributed by atoms with Crippen LogP contribution in [-0.2, 0) is 0 Å². The highest BCUT2D eigenvalue weighted by atomic mass is 31.1. The minimum absolute atomic E-state index is 0.0674. The molecule has 1 aromatic rings. The predicted octanol–water partition coefficient (Wildman–Crippen LogP) is 5.13. The Hall–Kier alpha value is 0.510. The molecule has 120 valence electrons. The van der Waals surface area contributed by atoms with Crippen molar-refractivity contribution in [3.63, 3.8) is 0 Å². The lowest BCUT2D eigenvalue weighted by molar-refractivity contribution is 1.41. The van der Waals surface area contributed by atoms with E-state index in [4.69, 9.17) is 0 Å². The van der Waals surface area contributed by atoms with Gasteiger partial charge in [0.1, 0.15) is 0 Å². The van der Waals surface area contributed by atoms with Gasteiger partial charge in [0.25, 0.3) is 0 Å². The van der Waals surface area contributed by atoms with Gasteiger partial charge in [-0.3, -0.25) is 0 Å². The van der Waals surface area contributed by atoms with Crippen molar-refractivity contribution in [1.82, 2.24) is 0 Å².